The van der Waals surface area contributed by atoms with Gasteiger partial charge in [0, 0.05) is 5.56 Å². The van der Waals surface area contributed by atoms with Crippen molar-refractivity contribution in [3.8, 4) is 11.5 Å². The SMILES string of the molecule is CO/N=C(\C)c1ccc(OC)c(OC2CCCC2)c1. The second-order valence-electron chi connectivity index (χ2n) is 4.75. The van der Waals surface area contributed by atoms with E-state index >= 15 is 0 Å². The predicted octanol–water partition coefficient (Wildman–Crippen LogP) is 3.39. The van der Waals surface area contributed by atoms with E-state index < -0.39 is 0 Å². The second kappa shape index (κ2) is 6.45. The van der Waals surface area contributed by atoms with E-state index in [4.69, 9.17) is 14.3 Å². The number of benzene rings is 1. The molecule has 4 heteroatoms. The van der Waals surface area contributed by atoms with Crippen molar-refractivity contribution in [2.45, 2.75) is 38.7 Å². The van der Waals surface area contributed by atoms with Crippen LogP contribution in [-0.4, -0.2) is 26.0 Å². The summed E-state index contributed by atoms with van der Waals surface area (Å²) in [4.78, 5) is 4.80. The van der Waals surface area contributed by atoms with Crippen LogP contribution in [0.25, 0.3) is 0 Å². The van der Waals surface area contributed by atoms with Crippen molar-refractivity contribution in [1.82, 2.24) is 0 Å². The molecule has 0 radical (unpaired) electrons. The first-order chi connectivity index (χ1) is 9.24. The fraction of sp³-hybridized carbons (Fsp3) is 0.533. The third-order valence-electron chi connectivity index (χ3n) is 3.41. The average Bonchev–Trinajstić information content (AvgIpc) is 2.92. The Morgan fingerprint density at radius 2 is 1.89 bits per heavy atom. The molecule has 104 valence electrons. The number of hydrogen-bond donors (Lipinski definition) is 0. The number of ether oxygens (including phenoxy) is 2. The van der Waals surface area contributed by atoms with Gasteiger partial charge < -0.3 is 14.3 Å². The number of oxime groups is 1. The Kier molecular flexibility index (Phi) is 4.66. The molecule has 0 N–H and O–H groups in total. The Hall–Kier alpha value is -1.71. The number of rotatable bonds is 5. The topological polar surface area (TPSA) is 40.0 Å². The highest BCUT2D eigenvalue weighted by atomic mass is 16.6. The van der Waals surface area contributed by atoms with Crippen molar-refractivity contribution >= 4 is 5.71 Å². The minimum absolute atomic E-state index is 0.309. The van der Waals surface area contributed by atoms with Crippen LogP contribution in [0, 0.1) is 0 Å². The van der Waals surface area contributed by atoms with Crippen molar-refractivity contribution in [1.29, 1.82) is 0 Å². The van der Waals surface area contributed by atoms with Gasteiger partial charge in [-0.3, -0.25) is 0 Å². The molecule has 1 fully saturated rings. The van der Waals surface area contributed by atoms with Crippen LogP contribution in [0.3, 0.4) is 0 Å². The highest BCUT2D eigenvalue weighted by molar-refractivity contribution is 5.98. The van der Waals surface area contributed by atoms with E-state index in [2.05, 4.69) is 5.16 Å². The van der Waals surface area contributed by atoms with E-state index in [9.17, 15) is 0 Å². The number of hydrogen-bond acceptors (Lipinski definition) is 4. The van der Waals surface area contributed by atoms with Gasteiger partial charge in [0.15, 0.2) is 11.5 Å². The summed E-state index contributed by atoms with van der Waals surface area (Å²) in [5.41, 5.74) is 1.80. The van der Waals surface area contributed by atoms with Crippen LogP contribution in [0.5, 0.6) is 11.5 Å². The normalized spacial score (nSPS) is 16.5. The molecule has 1 saturated carbocycles. The van der Waals surface area contributed by atoms with Crippen LogP contribution < -0.4 is 9.47 Å². The first-order valence-electron chi connectivity index (χ1n) is 6.67. The molecule has 1 aliphatic carbocycles. The summed E-state index contributed by atoms with van der Waals surface area (Å²) >= 11 is 0. The molecule has 1 aliphatic rings. The molecule has 0 saturated heterocycles. The fourth-order valence-electron chi connectivity index (χ4n) is 2.37. The molecular formula is C15H21NO3. The lowest BCUT2D eigenvalue weighted by molar-refractivity contribution is 0.200. The van der Waals surface area contributed by atoms with Crippen LogP contribution in [0.2, 0.25) is 0 Å². The summed E-state index contributed by atoms with van der Waals surface area (Å²) in [7, 11) is 3.20. The van der Waals surface area contributed by atoms with Gasteiger partial charge in [-0.2, -0.15) is 0 Å². The molecule has 0 heterocycles. The largest absolute Gasteiger partial charge is 0.493 e. The molecule has 1 aromatic rings. The number of methoxy groups -OCH3 is 1. The molecule has 0 amide bonds. The van der Waals surface area contributed by atoms with Crippen LogP contribution in [-0.2, 0) is 4.84 Å². The molecule has 4 nitrogen and oxygen atoms in total. The highest BCUT2D eigenvalue weighted by Crippen LogP contribution is 2.32. The van der Waals surface area contributed by atoms with Crippen LogP contribution in [0.4, 0.5) is 0 Å². The quantitative estimate of drug-likeness (QED) is 0.604. The van der Waals surface area contributed by atoms with E-state index in [1.807, 2.05) is 25.1 Å². The van der Waals surface area contributed by atoms with Gasteiger partial charge in [-0.1, -0.05) is 5.16 Å². The van der Waals surface area contributed by atoms with Gasteiger partial charge in [0.25, 0.3) is 0 Å². The van der Waals surface area contributed by atoms with E-state index in [1.54, 1.807) is 14.2 Å². The molecule has 2 rings (SSSR count). The van der Waals surface area contributed by atoms with Gasteiger partial charge >= 0.3 is 0 Å². The summed E-state index contributed by atoms with van der Waals surface area (Å²) in [6.45, 7) is 1.91. The summed E-state index contributed by atoms with van der Waals surface area (Å²) in [5, 5.41) is 3.94. The van der Waals surface area contributed by atoms with E-state index in [0.717, 1.165) is 35.6 Å². The Morgan fingerprint density at radius 1 is 1.16 bits per heavy atom. The lowest BCUT2D eigenvalue weighted by Crippen LogP contribution is -2.12. The molecule has 1 aromatic carbocycles. The van der Waals surface area contributed by atoms with E-state index in [1.165, 1.54) is 12.8 Å². The molecule has 0 spiro atoms. The molecule has 0 unspecified atom stereocenters. The van der Waals surface area contributed by atoms with E-state index in [-0.39, 0.29) is 0 Å². The fourth-order valence-corrected chi connectivity index (χ4v) is 2.37. The summed E-state index contributed by atoms with van der Waals surface area (Å²) in [6, 6.07) is 5.83. The molecule has 0 aromatic heterocycles. The van der Waals surface area contributed by atoms with Gasteiger partial charge in [0.05, 0.1) is 18.9 Å². The van der Waals surface area contributed by atoms with Crippen molar-refractivity contribution < 1.29 is 14.3 Å². The zero-order valence-electron chi connectivity index (χ0n) is 11.8. The number of nitrogens with zero attached hydrogens (tertiary/aromatic N) is 1. The maximum Gasteiger partial charge on any atom is 0.162 e. The third kappa shape index (κ3) is 3.40. The second-order valence-corrected chi connectivity index (χ2v) is 4.75. The molecular weight excluding hydrogens is 242 g/mol. The van der Waals surface area contributed by atoms with Gasteiger partial charge in [-0.05, 0) is 50.8 Å². The molecule has 0 atom stereocenters. The third-order valence-corrected chi connectivity index (χ3v) is 3.41. The monoisotopic (exact) mass is 263 g/mol. The Morgan fingerprint density at radius 3 is 2.53 bits per heavy atom. The Labute approximate surface area is 114 Å². The van der Waals surface area contributed by atoms with Crippen LogP contribution >= 0.6 is 0 Å². The van der Waals surface area contributed by atoms with E-state index in [0.29, 0.717) is 6.10 Å². The first kappa shape index (κ1) is 13.7. The van der Waals surface area contributed by atoms with Gasteiger partial charge in [-0.25, -0.2) is 0 Å². The van der Waals surface area contributed by atoms with Crippen molar-refractivity contribution in [3.05, 3.63) is 23.8 Å². The first-order valence-corrected chi connectivity index (χ1v) is 6.67. The predicted molar refractivity (Wildman–Crippen MR) is 75.1 cm³/mol. The summed E-state index contributed by atoms with van der Waals surface area (Å²) in [5.74, 6) is 1.55. The highest BCUT2D eigenvalue weighted by Gasteiger charge is 2.18. The van der Waals surface area contributed by atoms with Crippen LogP contribution in [0.15, 0.2) is 23.4 Å². The summed E-state index contributed by atoms with van der Waals surface area (Å²) in [6.07, 6.45) is 5.05. The Bertz CT molecular complexity index is 451. The van der Waals surface area contributed by atoms with Crippen molar-refractivity contribution in [2.24, 2.45) is 5.16 Å². The molecule has 0 bridgehead atoms. The maximum atomic E-state index is 6.05. The van der Waals surface area contributed by atoms with Crippen molar-refractivity contribution in [2.75, 3.05) is 14.2 Å². The molecule has 19 heavy (non-hydrogen) atoms. The lowest BCUT2D eigenvalue weighted by atomic mass is 10.1. The van der Waals surface area contributed by atoms with Gasteiger partial charge in [0.2, 0.25) is 0 Å². The zero-order valence-corrected chi connectivity index (χ0v) is 11.8. The standard InChI is InChI=1S/C15H21NO3/c1-11(16-18-3)12-8-9-14(17-2)15(10-12)19-13-6-4-5-7-13/h8-10,13H,4-7H2,1-3H3/b16-11+. The lowest BCUT2D eigenvalue weighted by Gasteiger charge is -2.16. The van der Waals surface area contributed by atoms with Crippen LogP contribution in [0.1, 0.15) is 38.2 Å². The smallest absolute Gasteiger partial charge is 0.162 e. The minimum Gasteiger partial charge on any atom is -0.493 e. The Balaban J connectivity index is 2.22. The average molecular weight is 263 g/mol. The van der Waals surface area contributed by atoms with Gasteiger partial charge in [0.1, 0.15) is 7.11 Å². The zero-order chi connectivity index (χ0) is 13.7. The minimum atomic E-state index is 0.309. The molecule has 0 aliphatic heterocycles. The van der Waals surface area contributed by atoms with Crippen molar-refractivity contribution in [3.63, 3.8) is 0 Å². The summed E-state index contributed by atoms with van der Waals surface area (Å²) < 4.78 is 11.4. The maximum absolute atomic E-state index is 6.05. The van der Waals surface area contributed by atoms with Gasteiger partial charge in [-0.15, -0.1) is 0 Å².